The Labute approximate surface area is 114 Å². The maximum Gasteiger partial charge on any atom is 0.258 e. The van der Waals surface area contributed by atoms with Crippen molar-refractivity contribution in [2.24, 2.45) is 0 Å². The number of amides is 1. The van der Waals surface area contributed by atoms with Crippen molar-refractivity contribution in [3.05, 3.63) is 29.8 Å². The van der Waals surface area contributed by atoms with Crippen LogP contribution >= 0.6 is 0 Å². The molecule has 0 fully saturated rings. The van der Waals surface area contributed by atoms with Crippen LogP contribution in [-0.2, 0) is 11.2 Å². The SMILES string of the molecule is CCc1ccc(OCC(=O)NC(C)(C)CCO)cc1. The van der Waals surface area contributed by atoms with Gasteiger partial charge in [-0.3, -0.25) is 4.79 Å². The molecular formula is C15H23NO3. The summed E-state index contributed by atoms with van der Waals surface area (Å²) >= 11 is 0. The van der Waals surface area contributed by atoms with E-state index in [1.165, 1.54) is 5.56 Å². The summed E-state index contributed by atoms with van der Waals surface area (Å²) in [6.07, 6.45) is 1.50. The lowest BCUT2D eigenvalue weighted by Crippen LogP contribution is -2.46. The van der Waals surface area contributed by atoms with Gasteiger partial charge in [0.15, 0.2) is 6.61 Å². The van der Waals surface area contributed by atoms with Gasteiger partial charge in [-0.15, -0.1) is 0 Å². The molecular weight excluding hydrogens is 242 g/mol. The fourth-order valence-corrected chi connectivity index (χ4v) is 1.73. The van der Waals surface area contributed by atoms with Gasteiger partial charge in [0.1, 0.15) is 5.75 Å². The molecule has 0 aliphatic carbocycles. The molecule has 0 atom stereocenters. The van der Waals surface area contributed by atoms with Crippen LogP contribution in [0.15, 0.2) is 24.3 Å². The lowest BCUT2D eigenvalue weighted by Gasteiger charge is -2.25. The Bertz CT molecular complexity index is 398. The van der Waals surface area contributed by atoms with E-state index in [1.54, 1.807) is 0 Å². The first-order valence-corrected chi connectivity index (χ1v) is 6.60. The predicted molar refractivity (Wildman–Crippen MR) is 75.2 cm³/mol. The molecule has 1 aromatic carbocycles. The van der Waals surface area contributed by atoms with Crippen LogP contribution in [0.25, 0.3) is 0 Å². The summed E-state index contributed by atoms with van der Waals surface area (Å²) in [4.78, 5) is 11.7. The van der Waals surface area contributed by atoms with Gasteiger partial charge in [0, 0.05) is 12.1 Å². The van der Waals surface area contributed by atoms with Crippen LogP contribution in [0.3, 0.4) is 0 Å². The molecule has 0 aliphatic rings. The van der Waals surface area contributed by atoms with Gasteiger partial charge in [-0.1, -0.05) is 19.1 Å². The third kappa shape index (κ3) is 5.75. The van der Waals surface area contributed by atoms with E-state index in [2.05, 4.69) is 12.2 Å². The molecule has 1 aromatic rings. The largest absolute Gasteiger partial charge is 0.484 e. The topological polar surface area (TPSA) is 58.6 Å². The van der Waals surface area contributed by atoms with E-state index < -0.39 is 5.54 Å². The van der Waals surface area contributed by atoms with Crippen LogP contribution in [0.1, 0.15) is 32.8 Å². The number of aliphatic hydroxyl groups is 1. The summed E-state index contributed by atoms with van der Waals surface area (Å²) in [5, 5.41) is 11.7. The molecule has 106 valence electrons. The summed E-state index contributed by atoms with van der Waals surface area (Å²) in [6, 6.07) is 7.71. The van der Waals surface area contributed by atoms with E-state index >= 15 is 0 Å². The van der Waals surface area contributed by atoms with Gasteiger partial charge in [-0.25, -0.2) is 0 Å². The molecule has 0 unspecified atom stereocenters. The quantitative estimate of drug-likeness (QED) is 0.791. The summed E-state index contributed by atoms with van der Waals surface area (Å²) in [6.45, 7) is 5.87. The highest BCUT2D eigenvalue weighted by Crippen LogP contribution is 2.12. The number of aliphatic hydroxyl groups excluding tert-OH is 1. The van der Waals surface area contributed by atoms with Crippen molar-refractivity contribution in [2.75, 3.05) is 13.2 Å². The number of rotatable bonds is 7. The van der Waals surface area contributed by atoms with Crippen molar-refractivity contribution in [1.82, 2.24) is 5.32 Å². The Morgan fingerprint density at radius 3 is 2.47 bits per heavy atom. The maximum atomic E-state index is 11.7. The minimum Gasteiger partial charge on any atom is -0.484 e. The molecule has 1 amide bonds. The average Bonchev–Trinajstić information content (AvgIpc) is 2.36. The number of hydrogen-bond acceptors (Lipinski definition) is 3. The molecule has 0 bridgehead atoms. The zero-order valence-electron chi connectivity index (χ0n) is 11.9. The van der Waals surface area contributed by atoms with Crippen LogP contribution in [0.2, 0.25) is 0 Å². The molecule has 0 saturated heterocycles. The third-order valence-electron chi connectivity index (χ3n) is 2.92. The van der Waals surface area contributed by atoms with Crippen LogP contribution in [0.5, 0.6) is 5.75 Å². The first kappa shape index (κ1) is 15.5. The predicted octanol–water partition coefficient (Wildman–Crippen LogP) is 1.90. The number of aryl methyl sites for hydroxylation is 1. The second-order valence-corrected chi connectivity index (χ2v) is 5.19. The lowest BCUT2D eigenvalue weighted by molar-refractivity contribution is -0.124. The van der Waals surface area contributed by atoms with E-state index in [0.717, 1.165) is 6.42 Å². The van der Waals surface area contributed by atoms with Crippen LogP contribution in [0.4, 0.5) is 0 Å². The second-order valence-electron chi connectivity index (χ2n) is 5.19. The zero-order chi connectivity index (χ0) is 14.3. The maximum absolute atomic E-state index is 11.7. The van der Waals surface area contributed by atoms with Crippen molar-refractivity contribution in [1.29, 1.82) is 0 Å². The van der Waals surface area contributed by atoms with E-state index in [9.17, 15) is 4.79 Å². The van der Waals surface area contributed by atoms with Gasteiger partial charge < -0.3 is 15.2 Å². The molecule has 0 aliphatic heterocycles. The minimum absolute atomic E-state index is 0.0136. The molecule has 4 heteroatoms. The Morgan fingerprint density at radius 2 is 1.95 bits per heavy atom. The first-order chi connectivity index (χ1) is 8.96. The van der Waals surface area contributed by atoms with Crippen molar-refractivity contribution >= 4 is 5.91 Å². The molecule has 0 aromatic heterocycles. The monoisotopic (exact) mass is 265 g/mol. The van der Waals surface area contributed by atoms with E-state index in [0.29, 0.717) is 12.2 Å². The molecule has 0 heterocycles. The summed E-state index contributed by atoms with van der Waals surface area (Å²) in [5.41, 5.74) is 0.822. The number of carbonyl (C=O) groups is 1. The van der Waals surface area contributed by atoms with E-state index in [4.69, 9.17) is 9.84 Å². The Morgan fingerprint density at radius 1 is 1.32 bits per heavy atom. The lowest BCUT2D eigenvalue weighted by atomic mass is 10.0. The molecule has 19 heavy (non-hydrogen) atoms. The average molecular weight is 265 g/mol. The fourth-order valence-electron chi connectivity index (χ4n) is 1.73. The van der Waals surface area contributed by atoms with Gasteiger partial charge in [-0.2, -0.15) is 0 Å². The number of ether oxygens (including phenoxy) is 1. The molecule has 2 N–H and O–H groups in total. The molecule has 0 spiro atoms. The van der Waals surface area contributed by atoms with Gasteiger partial charge in [0.2, 0.25) is 0 Å². The smallest absolute Gasteiger partial charge is 0.258 e. The highest BCUT2D eigenvalue weighted by atomic mass is 16.5. The Kier molecular flexibility index (Phi) is 5.83. The van der Waals surface area contributed by atoms with Crippen LogP contribution < -0.4 is 10.1 Å². The van der Waals surface area contributed by atoms with E-state index in [-0.39, 0.29) is 19.1 Å². The van der Waals surface area contributed by atoms with Crippen molar-refractivity contribution in [2.45, 2.75) is 39.2 Å². The van der Waals surface area contributed by atoms with Gasteiger partial charge >= 0.3 is 0 Å². The third-order valence-corrected chi connectivity index (χ3v) is 2.92. The standard InChI is InChI=1S/C15H23NO3/c1-4-12-5-7-13(8-6-12)19-11-14(18)16-15(2,3)9-10-17/h5-8,17H,4,9-11H2,1-3H3,(H,16,18). The normalized spacial score (nSPS) is 11.2. The number of benzene rings is 1. The number of nitrogens with one attached hydrogen (secondary N) is 1. The van der Waals surface area contributed by atoms with E-state index in [1.807, 2.05) is 38.1 Å². The summed E-state index contributed by atoms with van der Waals surface area (Å²) in [7, 11) is 0. The number of hydrogen-bond donors (Lipinski definition) is 2. The highest BCUT2D eigenvalue weighted by molar-refractivity contribution is 5.78. The van der Waals surface area contributed by atoms with Crippen LogP contribution in [-0.4, -0.2) is 29.8 Å². The van der Waals surface area contributed by atoms with Crippen LogP contribution in [0, 0.1) is 0 Å². The summed E-state index contributed by atoms with van der Waals surface area (Å²) < 4.78 is 5.42. The van der Waals surface area contributed by atoms with Gasteiger partial charge in [0.25, 0.3) is 5.91 Å². The number of carbonyl (C=O) groups excluding carboxylic acids is 1. The molecule has 4 nitrogen and oxygen atoms in total. The van der Waals surface area contributed by atoms with Crippen molar-refractivity contribution in [3.8, 4) is 5.75 Å². The Balaban J connectivity index is 2.41. The van der Waals surface area contributed by atoms with Gasteiger partial charge in [-0.05, 0) is 44.4 Å². The van der Waals surface area contributed by atoms with Gasteiger partial charge in [0.05, 0.1) is 0 Å². The second kappa shape index (κ2) is 7.14. The highest BCUT2D eigenvalue weighted by Gasteiger charge is 2.19. The summed E-state index contributed by atoms with van der Waals surface area (Å²) in [5.74, 6) is 0.505. The Hall–Kier alpha value is -1.55. The van der Waals surface area contributed by atoms with Crippen molar-refractivity contribution < 1.29 is 14.6 Å². The minimum atomic E-state index is -0.415. The zero-order valence-corrected chi connectivity index (χ0v) is 11.9. The molecule has 0 radical (unpaired) electrons. The first-order valence-electron chi connectivity index (χ1n) is 6.60. The fraction of sp³-hybridized carbons (Fsp3) is 0.533. The molecule has 1 rings (SSSR count). The molecule has 0 saturated carbocycles. The van der Waals surface area contributed by atoms with Crippen molar-refractivity contribution in [3.63, 3.8) is 0 Å².